The Morgan fingerprint density at radius 1 is 1.18 bits per heavy atom. The van der Waals surface area contributed by atoms with Crippen LogP contribution < -0.4 is 11.1 Å². The number of nitrogens with two attached hydrogens (primary N) is 1. The van der Waals surface area contributed by atoms with E-state index in [0.717, 1.165) is 25.9 Å². The van der Waals surface area contributed by atoms with E-state index in [2.05, 4.69) is 10.3 Å². The highest BCUT2D eigenvalue weighted by Gasteiger charge is 2.29. The molecule has 1 aliphatic heterocycles. The zero-order valence-corrected chi connectivity index (χ0v) is 18.8. The van der Waals surface area contributed by atoms with Gasteiger partial charge in [0.15, 0.2) is 0 Å². The monoisotopic (exact) mass is 395 g/mol. The quantitative estimate of drug-likeness (QED) is 0.414. The van der Waals surface area contributed by atoms with Gasteiger partial charge in [0.25, 0.3) is 5.91 Å². The molecule has 0 bridgehead atoms. The van der Waals surface area contributed by atoms with E-state index in [1.807, 2.05) is 34.6 Å². The zero-order chi connectivity index (χ0) is 21.2. The van der Waals surface area contributed by atoms with Gasteiger partial charge in [-0.2, -0.15) is 0 Å². The van der Waals surface area contributed by atoms with Crippen LogP contribution in [-0.2, 0) is 14.3 Å². The van der Waals surface area contributed by atoms with Crippen molar-refractivity contribution in [3.05, 3.63) is 11.8 Å². The van der Waals surface area contributed by atoms with Gasteiger partial charge in [0.2, 0.25) is 0 Å². The molecule has 0 aromatic heterocycles. The molecule has 0 saturated carbocycles. The molecule has 0 atom stereocenters. The molecule has 0 radical (unpaired) electrons. The van der Waals surface area contributed by atoms with Gasteiger partial charge in [-0.1, -0.05) is 27.7 Å². The van der Waals surface area contributed by atoms with Gasteiger partial charge in [0.1, 0.15) is 0 Å². The molecule has 3 N–H and O–H groups in total. The highest BCUT2D eigenvalue weighted by atomic mass is 16.5. The first-order valence-corrected chi connectivity index (χ1v) is 10.4. The second-order valence-corrected chi connectivity index (χ2v) is 9.20. The molecule has 1 fully saturated rings. The third kappa shape index (κ3) is 8.84. The van der Waals surface area contributed by atoms with Crippen LogP contribution in [0, 0.1) is 16.7 Å². The zero-order valence-electron chi connectivity index (χ0n) is 18.8. The summed E-state index contributed by atoms with van der Waals surface area (Å²) in [5, 5.41) is 3.39. The van der Waals surface area contributed by atoms with Crippen molar-refractivity contribution in [2.45, 2.75) is 60.3 Å². The van der Waals surface area contributed by atoms with Gasteiger partial charge in [-0.25, -0.2) is 4.99 Å². The third-order valence-electron chi connectivity index (χ3n) is 5.53. The molecule has 162 valence electrons. The SMILES string of the molecule is COCCOCC(C)(C)C(N)=CC(C)=NC(=O)C(C)(C)CCC1CCNCC1. The molecule has 0 spiro atoms. The fraction of sp³-hybridized carbons (Fsp3) is 0.818. The van der Waals surface area contributed by atoms with E-state index in [4.69, 9.17) is 15.2 Å². The lowest BCUT2D eigenvalue weighted by molar-refractivity contribution is -0.126. The molecule has 1 amide bonds. The van der Waals surface area contributed by atoms with E-state index in [1.165, 1.54) is 12.8 Å². The van der Waals surface area contributed by atoms with Crippen LogP contribution in [-0.4, -0.2) is 51.6 Å². The molecule has 1 heterocycles. The molecular weight excluding hydrogens is 354 g/mol. The number of nitrogens with one attached hydrogen (secondary N) is 1. The topological polar surface area (TPSA) is 85.9 Å². The lowest BCUT2D eigenvalue weighted by atomic mass is 9.81. The number of ether oxygens (including phenoxy) is 2. The summed E-state index contributed by atoms with van der Waals surface area (Å²) < 4.78 is 10.6. The Kier molecular flexibility index (Phi) is 10.4. The molecule has 28 heavy (non-hydrogen) atoms. The first-order chi connectivity index (χ1) is 13.1. The minimum Gasteiger partial charge on any atom is -0.401 e. The second-order valence-electron chi connectivity index (χ2n) is 9.20. The van der Waals surface area contributed by atoms with Crippen LogP contribution in [0.2, 0.25) is 0 Å². The summed E-state index contributed by atoms with van der Waals surface area (Å²) in [5.41, 5.74) is 6.77. The lowest BCUT2D eigenvalue weighted by Crippen LogP contribution is -2.30. The number of hydrogen-bond donors (Lipinski definition) is 2. The van der Waals surface area contributed by atoms with E-state index >= 15 is 0 Å². The van der Waals surface area contributed by atoms with Crippen molar-refractivity contribution in [2.75, 3.05) is 40.0 Å². The number of carbonyl (C=O) groups excluding carboxylic acids is 1. The van der Waals surface area contributed by atoms with Gasteiger partial charge in [0, 0.05) is 29.3 Å². The largest absolute Gasteiger partial charge is 0.401 e. The number of amides is 1. The van der Waals surface area contributed by atoms with Crippen molar-refractivity contribution in [2.24, 2.45) is 27.5 Å². The second kappa shape index (κ2) is 11.7. The first kappa shape index (κ1) is 24.8. The van der Waals surface area contributed by atoms with Gasteiger partial charge in [-0.3, -0.25) is 4.79 Å². The maximum atomic E-state index is 12.7. The maximum absolute atomic E-state index is 12.7. The fourth-order valence-electron chi connectivity index (χ4n) is 3.16. The van der Waals surface area contributed by atoms with Crippen molar-refractivity contribution in [3.8, 4) is 0 Å². The molecule has 1 saturated heterocycles. The molecular formula is C22H41N3O3. The summed E-state index contributed by atoms with van der Waals surface area (Å²) in [6.45, 7) is 13.6. The van der Waals surface area contributed by atoms with Gasteiger partial charge in [-0.05, 0) is 57.7 Å². The highest BCUT2D eigenvalue weighted by Crippen LogP contribution is 2.29. The molecule has 0 aromatic rings. The molecule has 0 aromatic carbocycles. The lowest BCUT2D eigenvalue weighted by Gasteiger charge is -2.27. The van der Waals surface area contributed by atoms with E-state index in [-0.39, 0.29) is 11.3 Å². The molecule has 1 aliphatic rings. The van der Waals surface area contributed by atoms with Crippen LogP contribution in [0.3, 0.4) is 0 Å². The van der Waals surface area contributed by atoms with Gasteiger partial charge >= 0.3 is 0 Å². The van der Waals surface area contributed by atoms with Crippen LogP contribution in [0.15, 0.2) is 16.8 Å². The summed E-state index contributed by atoms with van der Waals surface area (Å²) in [6, 6.07) is 0. The number of nitrogens with zero attached hydrogens (tertiary/aromatic N) is 1. The Labute approximate surface area is 171 Å². The standard InChI is InChI=1S/C22H41N3O3/c1-17(15-19(23)22(4,5)16-28-14-13-27-6)25-20(26)21(2,3)10-7-18-8-11-24-12-9-18/h15,18,24H,7-14,16,23H2,1-6H3. The fourth-order valence-corrected chi connectivity index (χ4v) is 3.16. The summed E-state index contributed by atoms with van der Waals surface area (Å²) in [5.74, 6) is 0.644. The van der Waals surface area contributed by atoms with Crippen molar-refractivity contribution in [3.63, 3.8) is 0 Å². The molecule has 0 unspecified atom stereocenters. The number of rotatable bonds is 11. The van der Waals surface area contributed by atoms with Gasteiger partial charge in [0.05, 0.1) is 19.8 Å². The van der Waals surface area contributed by atoms with Crippen molar-refractivity contribution < 1.29 is 14.3 Å². The third-order valence-corrected chi connectivity index (χ3v) is 5.53. The molecule has 6 nitrogen and oxygen atoms in total. The summed E-state index contributed by atoms with van der Waals surface area (Å²) >= 11 is 0. The van der Waals surface area contributed by atoms with Crippen LogP contribution in [0.25, 0.3) is 0 Å². The highest BCUT2D eigenvalue weighted by molar-refractivity contribution is 6.02. The van der Waals surface area contributed by atoms with Crippen molar-refractivity contribution in [1.82, 2.24) is 5.32 Å². The maximum Gasteiger partial charge on any atom is 0.251 e. The smallest absolute Gasteiger partial charge is 0.251 e. The molecule has 0 aliphatic carbocycles. The van der Waals surface area contributed by atoms with E-state index in [9.17, 15) is 4.79 Å². The minimum absolute atomic E-state index is 0.0721. The number of aliphatic imine (C=N–C) groups is 1. The van der Waals surface area contributed by atoms with Crippen molar-refractivity contribution in [1.29, 1.82) is 0 Å². The number of piperidine rings is 1. The molecule has 6 heteroatoms. The minimum atomic E-state index is -0.451. The van der Waals surface area contributed by atoms with Crippen molar-refractivity contribution >= 4 is 11.6 Å². The Balaban J connectivity index is 2.62. The van der Waals surface area contributed by atoms with Crippen LogP contribution in [0.4, 0.5) is 0 Å². The number of hydrogen-bond acceptors (Lipinski definition) is 5. The Hall–Kier alpha value is -1.24. The number of carbonyl (C=O) groups is 1. The predicted octanol–water partition coefficient (Wildman–Crippen LogP) is 3.31. The number of allylic oxidation sites excluding steroid dienone is 1. The molecule has 1 rings (SSSR count). The first-order valence-electron chi connectivity index (χ1n) is 10.4. The number of methoxy groups -OCH3 is 1. The normalized spacial score (nSPS) is 17.8. The average Bonchev–Trinajstić information content (AvgIpc) is 2.64. The Bertz CT molecular complexity index is 547. The van der Waals surface area contributed by atoms with E-state index < -0.39 is 5.41 Å². The summed E-state index contributed by atoms with van der Waals surface area (Å²) in [6.07, 6.45) is 6.14. The van der Waals surface area contributed by atoms with E-state index in [0.29, 0.717) is 37.1 Å². The van der Waals surface area contributed by atoms with Crippen LogP contribution in [0.5, 0.6) is 0 Å². The summed E-state index contributed by atoms with van der Waals surface area (Å²) in [7, 11) is 1.65. The average molecular weight is 396 g/mol. The summed E-state index contributed by atoms with van der Waals surface area (Å²) in [4.78, 5) is 17.0. The van der Waals surface area contributed by atoms with Crippen LogP contribution in [0.1, 0.15) is 60.3 Å². The predicted molar refractivity (Wildman–Crippen MR) is 115 cm³/mol. The van der Waals surface area contributed by atoms with E-state index in [1.54, 1.807) is 13.2 Å². The Morgan fingerprint density at radius 3 is 2.43 bits per heavy atom. The Morgan fingerprint density at radius 2 is 1.82 bits per heavy atom. The van der Waals surface area contributed by atoms with Gasteiger partial charge < -0.3 is 20.5 Å². The van der Waals surface area contributed by atoms with Crippen LogP contribution >= 0.6 is 0 Å². The van der Waals surface area contributed by atoms with Gasteiger partial charge in [-0.15, -0.1) is 0 Å².